The molecule has 0 amide bonds. The van der Waals surface area contributed by atoms with E-state index in [1.54, 1.807) is 0 Å². The molecule has 0 spiro atoms. The van der Waals surface area contributed by atoms with Crippen LogP contribution in [0, 0.1) is 10.1 Å². The lowest BCUT2D eigenvalue weighted by molar-refractivity contribution is -0.385. The molecule has 1 aliphatic rings. The number of ether oxygens (including phenoxy) is 1. The van der Waals surface area contributed by atoms with Crippen molar-refractivity contribution in [2.24, 2.45) is 7.05 Å². The van der Waals surface area contributed by atoms with Crippen molar-refractivity contribution in [1.82, 2.24) is 19.8 Å². The maximum absolute atomic E-state index is 12.3. The lowest BCUT2D eigenvalue weighted by Gasteiger charge is -2.12. The van der Waals surface area contributed by atoms with Gasteiger partial charge in [0.15, 0.2) is 5.78 Å². The van der Waals surface area contributed by atoms with E-state index in [1.165, 1.54) is 25.3 Å². The molecular formula is C15H13N5O6. The fraction of sp³-hybridized carbons (Fsp3) is 0.267. The zero-order valence-electron chi connectivity index (χ0n) is 13.6. The molecule has 0 aliphatic heterocycles. The molecule has 11 heteroatoms. The molecule has 134 valence electrons. The summed E-state index contributed by atoms with van der Waals surface area (Å²) in [5, 5.41) is 18.5. The Balaban J connectivity index is 1.96. The van der Waals surface area contributed by atoms with Crippen LogP contribution in [0.3, 0.4) is 0 Å². The first kappa shape index (κ1) is 17.2. The molecule has 0 radical (unpaired) electrons. The van der Waals surface area contributed by atoms with Crippen molar-refractivity contribution in [3.63, 3.8) is 0 Å². The highest BCUT2D eigenvalue weighted by molar-refractivity contribution is 5.96. The molecule has 1 aromatic heterocycles. The molecule has 1 aromatic carbocycles. The van der Waals surface area contributed by atoms with E-state index in [9.17, 15) is 24.5 Å². The van der Waals surface area contributed by atoms with Gasteiger partial charge in [0.2, 0.25) is 0 Å². The van der Waals surface area contributed by atoms with E-state index in [-0.39, 0.29) is 22.8 Å². The van der Waals surface area contributed by atoms with E-state index in [4.69, 9.17) is 4.74 Å². The molecule has 1 heterocycles. The van der Waals surface area contributed by atoms with Crippen LogP contribution in [0.2, 0.25) is 0 Å². The molecule has 2 aromatic rings. The zero-order chi connectivity index (χ0) is 18.8. The summed E-state index contributed by atoms with van der Waals surface area (Å²) >= 11 is 0. The number of ketones is 1. The molecule has 3 rings (SSSR count). The number of nitro benzene ring substituents is 1. The largest absolute Gasteiger partial charge is 0.427 e. The zero-order valence-corrected chi connectivity index (χ0v) is 13.6. The number of aromatic nitrogens is 4. The second kappa shape index (κ2) is 6.70. The first-order valence-electron chi connectivity index (χ1n) is 7.60. The van der Waals surface area contributed by atoms with Crippen molar-refractivity contribution in [2.45, 2.75) is 19.3 Å². The van der Waals surface area contributed by atoms with E-state index in [1.807, 2.05) is 0 Å². The van der Waals surface area contributed by atoms with Crippen LogP contribution in [0.1, 0.15) is 29.6 Å². The first-order chi connectivity index (χ1) is 12.4. The number of nitrogens with zero attached hydrogens (tertiary/aromatic N) is 5. The third kappa shape index (κ3) is 3.27. The van der Waals surface area contributed by atoms with Crippen molar-refractivity contribution < 1.29 is 19.2 Å². The highest BCUT2D eigenvalue weighted by atomic mass is 16.6. The summed E-state index contributed by atoms with van der Waals surface area (Å²) in [7, 11) is 1.38. The van der Waals surface area contributed by atoms with Crippen LogP contribution in [0.25, 0.3) is 5.69 Å². The minimum Gasteiger partial charge on any atom is -0.427 e. The molecule has 0 unspecified atom stereocenters. The molecule has 0 saturated carbocycles. The number of tetrazole rings is 1. The van der Waals surface area contributed by atoms with Crippen LogP contribution in [0.4, 0.5) is 5.69 Å². The van der Waals surface area contributed by atoms with E-state index in [0.717, 1.165) is 15.4 Å². The molecular weight excluding hydrogens is 346 g/mol. The van der Waals surface area contributed by atoms with E-state index < -0.39 is 22.3 Å². The highest BCUT2D eigenvalue weighted by Crippen LogP contribution is 2.25. The summed E-state index contributed by atoms with van der Waals surface area (Å²) in [5.41, 5.74) is -1.36. The molecule has 0 N–H and O–H groups in total. The Morgan fingerprint density at radius 3 is 2.65 bits per heavy atom. The predicted octanol–water partition coefficient (Wildman–Crippen LogP) is 0.668. The Morgan fingerprint density at radius 1 is 1.27 bits per heavy atom. The van der Waals surface area contributed by atoms with Crippen molar-refractivity contribution in [3.8, 4) is 5.69 Å². The van der Waals surface area contributed by atoms with Crippen molar-refractivity contribution >= 4 is 17.4 Å². The van der Waals surface area contributed by atoms with Crippen LogP contribution in [-0.2, 0) is 16.6 Å². The average molecular weight is 359 g/mol. The number of carbonyl (C=O) groups is 2. The van der Waals surface area contributed by atoms with Gasteiger partial charge in [0.1, 0.15) is 11.3 Å². The number of hydrogen-bond acceptors (Lipinski definition) is 8. The van der Waals surface area contributed by atoms with Gasteiger partial charge < -0.3 is 4.74 Å². The normalized spacial score (nSPS) is 14.0. The van der Waals surface area contributed by atoms with Gasteiger partial charge in [-0.3, -0.25) is 14.9 Å². The van der Waals surface area contributed by atoms with E-state index in [2.05, 4.69) is 10.4 Å². The Kier molecular flexibility index (Phi) is 4.43. The van der Waals surface area contributed by atoms with Gasteiger partial charge in [-0.05, 0) is 29.0 Å². The summed E-state index contributed by atoms with van der Waals surface area (Å²) < 4.78 is 6.93. The fourth-order valence-electron chi connectivity index (χ4n) is 2.47. The summed E-state index contributed by atoms with van der Waals surface area (Å²) in [5.74, 6) is -0.934. The summed E-state index contributed by atoms with van der Waals surface area (Å²) in [6, 6.07) is 3.52. The van der Waals surface area contributed by atoms with Gasteiger partial charge >= 0.3 is 11.7 Å². The molecule has 11 nitrogen and oxygen atoms in total. The number of hydrogen-bond donors (Lipinski definition) is 0. The van der Waals surface area contributed by atoms with Crippen molar-refractivity contribution in [2.75, 3.05) is 0 Å². The fourth-order valence-corrected chi connectivity index (χ4v) is 2.47. The van der Waals surface area contributed by atoms with Gasteiger partial charge in [-0.25, -0.2) is 9.59 Å². The average Bonchev–Trinajstić information content (AvgIpc) is 2.93. The standard InChI is InChI=1S/C15H13N5O6/c1-18-15(23)19(17-16-18)9-5-6-12(13(7-9)20(24)25)14(22)26-11-4-2-3-10(21)8-11/h5-8H,2-4H2,1H3. The number of nitro groups is 1. The third-order valence-corrected chi connectivity index (χ3v) is 3.76. The quantitative estimate of drug-likeness (QED) is 0.441. The Hall–Kier alpha value is -3.63. The van der Waals surface area contributed by atoms with Crippen LogP contribution >= 0.6 is 0 Å². The van der Waals surface area contributed by atoms with Gasteiger partial charge in [-0.2, -0.15) is 9.36 Å². The monoisotopic (exact) mass is 359 g/mol. The topological polar surface area (TPSA) is 139 Å². The Bertz CT molecular complexity index is 1000. The number of carbonyl (C=O) groups excluding carboxylic acids is 2. The number of rotatable bonds is 4. The minimum atomic E-state index is -0.948. The summed E-state index contributed by atoms with van der Waals surface area (Å²) in [4.78, 5) is 46.1. The third-order valence-electron chi connectivity index (χ3n) is 3.76. The molecule has 0 bridgehead atoms. The molecule has 0 saturated heterocycles. The number of aryl methyl sites for hydroxylation is 1. The summed E-state index contributed by atoms with van der Waals surface area (Å²) in [6.07, 6.45) is 2.55. The number of allylic oxidation sites excluding steroid dienone is 2. The Morgan fingerprint density at radius 2 is 2.04 bits per heavy atom. The maximum atomic E-state index is 12.3. The van der Waals surface area contributed by atoms with Crippen molar-refractivity contribution in [3.05, 3.63) is 56.2 Å². The van der Waals surface area contributed by atoms with Crippen LogP contribution in [0.15, 0.2) is 34.8 Å². The Labute approximate surface area is 145 Å². The van der Waals surface area contributed by atoms with Gasteiger partial charge in [0, 0.05) is 32.0 Å². The number of benzene rings is 1. The van der Waals surface area contributed by atoms with Crippen LogP contribution < -0.4 is 5.69 Å². The van der Waals surface area contributed by atoms with Crippen LogP contribution in [0.5, 0.6) is 0 Å². The number of esters is 1. The van der Waals surface area contributed by atoms with Crippen LogP contribution in [-0.4, -0.2) is 36.5 Å². The van der Waals surface area contributed by atoms with Gasteiger partial charge in [-0.15, -0.1) is 0 Å². The summed E-state index contributed by atoms with van der Waals surface area (Å²) in [6.45, 7) is 0. The maximum Gasteiger partial charge on any atom is 0.368 e. The van der Waals surface area contributed by atoms with Gasteiger partial charge in [0.25, 0.3) is 5.69 Å². The van der Waals surface area contributed by atoms with Gasteiger partial charge in [-0.1, -0.05) is 0 Å². The lowest BCUT2D eigenvalue weighted by Crippen LogP contribution is -2.22. The van der Waals surface area contributed by atoms with E-state index >= 15 is 0 Å². The highest BCUT2D eigenvalue weighted by Gasteiger charge is 2.25. The lowest BCUT2D eigenvalue weighted by atomic mass is 10.1. The molecule has 0 fully saturated rings. The second-order valence-corrected chi connectivity index (χ2v) is 5.58. The predicted molar refractivity (Wildman–Crippen MR) is 85.6 cm³/mol. The molecule has 1 aliphatic carbocycles. The smallest absolute Gasteiger partial charge is 0.368 e. The van der Waals surface area contributed by atoms with Crippen molar-refractivity contribution in [1.29, 1.82) is 0 Å². The van der Waals surface area contributed by atoms with Gasteiger partial charge in [0.05, 0.1) is 10.6 Å². The second-order valence-electron chi connectivity index (χ2n) is 5.58. The van der Waals surface area contributed by atoms with E-state index in [0.29, 0.717) is 19.3 Å². The minimum absolute atomic E-state index is 0.0819. The molecule has 0 atom stereocenters. The first-order valence-corrected chi connectivity index (χ1v) is 7.60. The SMILES string of the molecule is Cn1nnn(-c2ccc(C(=O)OC3=CC(=O)CCC3)c([N+](=O)[O-])c2)c1=O. The molecule has 26 heavy (non-hydrogen) atoms.